The van der Waals surface area contributed by atoms with E-state index in [9.17, 15) is 0 Å². The molecule has 0 aromatic carbocycles. The molecule has 17 heavy (non-hydrogen) atoms. The van der Waals surface area contributed by atoms with Gasteiger partial charge in [0.15, 0.2) is 0 Å². The van der Waals surface area contributed by atoms with Crippen LogP contribution in [-0.2, 0) is 17.7 Å². The summed E-state index contributed by atoms with van der Waals surface area (Å²) in [5, 5.41) is 7.79. The number of nitrogens with zero attached hydrogens (tertiary/aromatic N) is 2. The average molecular weight is 239 g/mol. The molecule has 0 radical (unpaired) electrons. The Hall–Kier alpha value is -0.870. The van der Waals surface area contributed by atoms with Crippen molar-refractivity contribution in [2.45, 2.75) is 45.7 Å². The lowest BCUT2D eigenvalue weighted by molar-refractivity contribution is 0.182. The van der Waals surface area contributed by atoms with Crippen molar-refractivity contribution in [2.24, 2.45) is 0 Å². The van der Waals surface area contributed by atoms with Crippen molar-refractivity contribution in [2.75, 3.05) is 20.3 Å². The standard InChI is InChI=1S/C13H25N3O/c1-13(2,3)14-8-5-6-12-7-9-15-16(12)10-11-17-4/h7,9,14H,5-6,8,10-11H2,1-4H3. The Balaban J connectivity index is 2.29. The molecule has 0 atom stereocenters. The maximum absolute atomic E-state index is 5.07. The van der Waals surface area contributed by atoms with Gasteiger partial charge in [0.05, 0.1) is 13.2 Å². The van der Waals surface area contributed by atoms with E-state index in [2.05, 4.69) is 37.3 Å². The van der Waals surface area contributed by atoms with Crippen molar-refractivity contribution in [1.29, 1.82) is 0 Å². The Kier molecular flexibility index (Phi) is 5.65. The molecular formula is C13H25N3O. The van der Waals surface area contributed by atoms with Gasteiger partial charge in [-0.2, -0.15) is 5.10 Å². The van der Waals surface area contributed by atoms with Crippen LogP contribution in [0.15, 0.2) is 12.3 Å². The zero-order chi connectivity index (χ0) is 12.7. The Morgan fingerprint density at radius 3 is 2.82 bits per heavy atom. The van der Waals surface area contributed by atoms with Crippen LogP contribution in [0.5, 0.6) is 0 Å². The molecule has 0 aliphatic heterocycles. The number of aromatic nitrogens is 2. The van der Waals surface area contributed by atoms with Gasteiger partial charge in [-0.15, -0.1) is 0 Å². The lowest BCUT2D eigenvalue weighted by Gasteiger charge is -2.20. The normalized spacial score (nSPS) is 12.0. The minimum absolute atomic E-state index is 0.205. The highest BCUT2D eigenvalue weighted by Gasteiger charge is 2.08. The van der Waals surface area contributed by atoms with Gasteiger partial charge in [0.2, 0.25) is 0 Å². The number of methoxy groups -OCH3 is 1. The summed E-state index contributed by atoms with van der Waals surface area (Å²) in [6.07, 6.45) is 4.06. The van der Waals surface area contributed by atoms with Gasteiger partial charge in [-0.1, -0.05) is 0 Å². The molecule has 0 fully saturated rings. The summed E-state index contributed by atoms with van der Waals surface area (Å²) in [5.41, 5.74) is 1.49. The number of hydrogen-bond donors (Lipinski definition) is 1. The molecule has 1 aromatic heterocycles. The molecular weight excluding hydrogens is 214 g/mol. The third-order valence-corrected chi connectivity index (χ3v) is 2.58. The fourth-order valence-corrected chi connectivity index (χ4v) is 1.68. The number of nitrogens with one attached hydrogen (secondary N) is 1. The Morgan fingerprint density at radius 2 is 2.18 bits per heavy atom. The van der Waals surface area contributed by atoms with Crippen LogP contribution in [0.4, 0.5) is 0 Å². The zero-order valence-electron chi connectivity index (χ0n) is 11.5. The molecule has 0 saturated heterocycles. The molecule has 4 nitrogen and oxygen atoms in total. The highest BCUT2D eigenvalue weighted by molar-refractivity contribution is 5.00. The predicted octanol–water partition coefficient (Wildman–Crippen LogP) is 1.85. The van der Waals surface area contributed by atoms with Crippen LogP contribution in [0.2, 0.25) is 0 Å². The van der Waals surface area contributed by atoms with Gasteiger partial charge in [0.1, 0.15) is 0 Å². The second-order valence-corrected chi connectivity index (χ2v) is 5.32. The third kappa shape index (κ3) is 5.84. The van der Waals surface area contributed by atoms with Gasteiger partial charge in [-0.05, 0) is 46.2 Å². The van der Waals surface area contributed by atoms with Gasteiger partial charge in [0.25, 0.3) is 0 Å². The summed E-state index contributed by atoms with van der Waals surface area (Å²) >= 11 is 0. The highest BCUT2D eigenvalue weighted by Crippen LogP contribution is 2.04. The maximum atomic E-state index is 5.07. The van der Waals surface area contributed by atoms with Crippen molar-refractivity contribution in [3.63, 3.8) is 0 Å². The zero-order valence-corrected chi connectivity index (χ0v) is 11.5. The molecule has 0 bridgehead atoms. The predicted molar refractivity (Wildman–Crippen MR) is 70.2 cm³/mol. The molecule has 1 N–H and O–H groups in total. The monoisotopic (exact) mass is 239 g/mol. The second-order valence-electron chi connectivity index (χ2n) is 5.32. The summed E-state index contributed by atoms with van der Waals surface area (Å²) in [6, 6.07) is 2.09. The average Bonchev–Trinajstić information content (AvgIpc) is 2.67. The topological polar surface area (TPSA) is 39.1 Å². The lowest BCUT2D eigenvalue weighted by atomic mass is 10.1. The molecule has 0 aliphatic rings. The molecule has 0 spiro atoms. The molecule has 0 amide bonds. The van der Waals surface area contributed by atoms with Crippen molar-refractivity contribution < 1.29 is 4.74 Å². The maximum Gasteiger partial charge on any atom is 0.0658 e. The van der Waals surface area contributed by atoms with Crippen LogP contribution in [0.25, 0.3) is 0 Å². The molecule has 1 rings (SSSR count). The van der Waals surface area contributed by atoms with E-state index in [-0.39, 0.29) is 5.54 Å². The third-order valence-electron chi connectivity index (χ3n) is 2.58. The minimum Gasteiger partial charge on any atom is -0.383 e. The van der Waals surface area contributed by atoms with Gasteiger partial charge in [0, 0.05) is 24.5 Å². The van der Waals surface area contributed by atoms with Gasteiger partial charge < -0.3 is 10.1 Å². The summed E-state index contributed by atoms with van der Waals surface area (Å²) in [4.78, 5) is 0. The molecule has 1 heterocycles. The van der Waals surface area contributed by atoms with E-state index in [1.165, 1.54) is 5.69 Å². The van der Waals surface area contributed by atoms with Crippen molar-refractivity contribution in [3.05, 3.63) is 18.0 Å². The van der Waals surface area contributed by atoms with Crippen molar-refractivity contribution >= 4 is 0 Å². The van der Waals surface area contributed by atoms with Gasteiger partial charge >= 0.3 is 0 Å². The molecule has 0 saturated carbocycles. The van der Waals surface area contributed by atoms with Crippen LogP contribution in [0, 0.1) is 0 Å². The first-order valence-electron chi connectivity index (χ1n) is 6.27. The first-order valence-corrected chi connectivity index (χ1v) is 6.27. The van der Waals surface area contributed by atoms with E-state index in [0.29, 0.717) is 0 Å². The van der Waals surface area contributed by atoms with Crippen LogP contribution in [0.3, 0.4) is 0 Å². The van der Waals surface area contributed by atoms with E-state index >= 15 is 0 Å². The van der Waals surface area contributed by atoms with E-state index in [0.717, 1.165) is 32.5 Å². The smallest absolute Gasteiger partial charge is 0.0658 e. The lowest BCUT2D eigenvalue weighted by Crippen LogP contribution is -2.36. The largest absolute Gasteiger partial charge is 0.383 e. The molecule has 4 heteroatoms. The van der Waals surface area contributed by atoms with E-state index in [1.54, 1.807) is 7.11 Å². The Morgan fingerprint density at radius 1 is 1.41 bits per heavy atom. The number of hydrogen-bond acceptors (Lipinski definition) is 3. The van der Waals surface area contributed by atoms with Crippen molar-refractivity contribution in [1.82, 2.24) is 15.1 Å². The summed E-state index contributed by atoms with van der Waals surface area (Å²) in [5.74, 6) is 0. The van der Waals surface area contributed by atoms with Crippen LogP contribution < -0.4 is 5.32 Å². The van der Waals surface area contributed by atoms with E-state index < -0.39 is 0 Å². The summed E-state index contributed by atoms with van der Waals surface area (Å²) in [7, 11) is 1.72. The van der Waals surface area contributed by atoms with Crippen LogP contribution in [0.1, 0.15) is 32.9 Å². The fourth-order valence-electron chi connectivity index (χ4n) is 1.68. The number of rotatable bonds is 7. The molecule has 0 aliphatic carbocycles. The minimum atomic E-state index is 0.205. The van der Waals surface area contributed by atoms with E-state index in [1.807, 2.05) is 10.9 Å². The van der Waals surface area contributed by atoms with Gasteiger partial charge in [-0.25, -0.2) is 0 Å². The van der Waals surface area contributed by atoms with E-state index in [4.69, 9.17) is 4.74 Å². The quantitative estimate of drug-likeness (QED) is 0.738. The first kappa shape index (κ1) is 14.2. The highest BCUT2D eigenvalue weighted by atomic mass is 16.5. The summed E-state index contributed by atoms with van der Waals surface area (Å²) < 4.78 is 7.10. The Labute approximate surface area is 104 Å². The second kappa shape index (κ2) is 6.77. The molecule has 98 valence electrons. The van der Waals surface area contributed by atoms with Crippen molar-refractivity contribution in [3.8, 4) is 0 Å². The molecule has 0 unspecified atom stereocenters. The Bertz CT molecular complexity index is 315. The number of aryl methyl sites for hydroxylation is 1. The molecule has 1 aromatic rings. The van der Waals surface area contributed by atoms with Crippen LogP contribution >= 0.6 is 0 Å². The SMILES string of the molecule is COCCn1nccc1CCCNC(C)(C)C. The summed E-state index contributed by atoms with van der Waals surface area (Å²) in [6.45, 7) is 9.17. The van der Waals surface area contributed by atoms with Gasteiger partial charge in [-0.3, -0.25) is 4.68 Å². The number of ether oxygens (including phenoxy) is 1. The first-order chi connectivity index (χ1) is 8.03. The fraction of sp³-hybridized carbons (Fsp3) is 0.769. The van der Waals surface area contributed by atoms with Crippen LogP contribution in [-0.4, -0.2) is 35.6 Å².